The molecule has 1 amide bonds. The van der Waals surface area contributed by atoms with Crippen LogP contribution < -0.4 is 5.32 Å². The van der Waals surface area contributed by atoms with E-state index in [1.165, 1.54) is 5.56 Å². The fourth-order valence-corrected chi connectivity index (χ4v) is 2.96. The second-order valence-corrected chi connectivity index (χ2v) is 7.91. The summed E-state index contributed by atoms with van der Waals surface area (Å²) in [5.41, 5.74) is 4.19. The number of hydrogen-bond acceptors (Lipinski definition) is 3. The summed E-state index contributed by atoms with van der Waals surface area (Å²) < 4.78 is 6.89. The van der Waals surface area contributed by atoms with Crippen LogP contribution in [0.15, 0.2) is 60.8 Å². The molecule has 0 spiro atoms. The Morgan fingerprint density at radius 1 is 1.00 bits per heavy atom. The number of ether oxygens (including phenoxy) is 1. The van der Waals surface area contributed by atoms with Crippen LogP contribution in [0.25, 0.3) is 0 Å². The van der Waals surface area contributed by atoms with Crippen LogP contribution in [0.5, 0.6) is 0 Å². The van der Waals surface area contributed by atoms with E-state index >= 15 is 0 Å². The number of rotatable bonds is 6. The van der Waals surface area contributed by atoms with Gasteiger partial charge in [-0.3, -0.25) is 4.79 Å². The maximum Gasteiger partial charge on any atom is 0.256 e. The molecule has 0 fully saturated rings. The van der Waals surface area contributed by atoms with Crippen LogP contribution in [0.3, 0.4) is 0 Å². The van der Waals surface area contributed by atoms with Gasteiger partial charge in [-0.1, -0.05) is 57.2 Å². The second kappa shape index (κ2) is 8.40. The lowest BCUT2D eigenvalue weighted by Crippen LogP contribution is -2.16. The van der Waals surface area contributed by atoms with Crippen molar-refractivity contribution in [1.82, 2.24) is 9.78 Å². The average molecular weight is 377 g/mol. The number of hydrogen-bond donors (Lipinski definition) is 1. The molecule has 0 radical (unpaired) electrons. The number of anilines is 1. The summed E-state index contributed by atoms with van der Waals surface area (Å²) in [6.45, 7) is 7.73. The number of methoxy groups -OCH3 is 1. The predicted molar refractivity (Wildman–Crippen MR) is 112 cm³/mol. The summed E-state index contributed by atoms with van der Waals surface area (Å²) in [5.74, 6) is 0.514. The Bertz CT molecular complexity index is 920. The Balaban J connectivity index is 1.69. The van der Waals surface area contributed by atoms with Crippen molar-refractivity contribution in [1.29, 1.82) is 0 Å². The highest BCUT2D eigenvalue weighted by Gasteiger charge is 2.14. The molecule has 5 heteroatoms. The van der Waals surface area contributed by atoms with Gasteiger partial charge in [-0.2, -0.15) is 5.10 Å². The minimum Gasteiger partial charge on any atom is -0.380 e. The van der Waals surface area contributed by atoms with E-state index in [-0.39, 0.29) is 11.3 Å². The summed E-state index contributed by atoms with van der Waals surface area (Å²) in [4.78, 5) is 12.6. The molecular formula is C23H27N3O2. The molecule has 0 aliphatic heterocycles. The lowest BCUT2D eigenvalue weighted by Gasteiger charge is -2.19. The Kier molecular flexibility index (Phi) is 5.95. The van der Waals surface area contributed by atoms with Gasteiger partial charge in [0.2, 0.25) is 0 Å². The van der Waals surface area contributed by atoms with Gasteiger partial charge in [-0.15, -0.1) is 0 Å². The molecule has 1 heterocycles. The normalized spacial score (nSPS) is 11.4. The van der Waals surface area contributed by atoms with Crippen molar-refractivity contribution in [2.75, 3.05) is 12.4 Å². The van der Waals surface area contributed by atoms with Gasteiger partial charge in [-0.25, -0.2) is 4.68 Å². The zero-order chi connectivity index (χ0) is 20.1. The first kappa shape index (κ1) is 19.8. The van der Waals surface area contributed by atoms with Crippen LogP contribution in [-0.4, -0.2) is 22.8 Å². The molecule has 0 aliphatic rings. The summed E-state index contributed by atoms with van der Waals surface area (Å²) >= 11 is 0. The molecule has 0 unspecified atom stereocenters. The van der Waals surface area contributed by atoms with E-state index < -0.39 is 0 Å². The van der Waals surface area contributed by atoms with Gasteiger partial charge in [-0.05, 0) is 34.2 Å². The smallest absolute Gasteiger partial charge is 0.256 e. The molecule has 0 saturated carbocycles. The molecule has 146 valence electrons. The molecular weight excluding hydrogens is 350 g/mol. The monoisotopic (exact) mass is 377 g/mol. The van der Waals surface area contributed by atoms with E-state index in [4.69, 9.17) is 4.74 Å². The highest BCUT2D eigenvalue weighted by atomic mass is 16.5. The SMILES string of the molecule is COCc1ccc(C(=O)Nc2ccnn2Cc2ccc(C(C)(C)C)cc2)cc1. The third-order valence-corrected chi connectivity index (χ3v) is 4.64. The first-order valence-corrected chi connectivity index (χ1v) is 9.37. The Morgan fingerprint density at radius 3 is 2.25 bits per heavy atom. The lowest BCUT2D eigenvalue weighted by atomic mass is 9.87. The van der Waals surface area contributed by atoms with Gasteiger partial charge >= 0.3 is 0 Å². The molecule has 0 bridgehead atoms. The number of carbonyl (C=O) groups is 1. The standard InChI is InChI=1S/C23H27N3O2/c1-23(2,3)20-11-7-17(8-12-20)15-26-21(13-14-24-26)25-22(27)19-9-5-18(6-10-19)16-28-4/h5-14H,15-16H2,1-4H3,(H,25,27). The fourth-order valence-electron chi connectivity index (χ4n) is 2.96. The van der Waals surface area contributed by atoms with E-state index in [1.54, 1.807) is 36.2 Å². The number of aromatic nitrogens is 2. The zero-order valence-corrected chi connectivity index (χ0v) is 16.9. The largest absolute Gasteiger partial charge is 0.380 e. The summed E-state index contributed by atoms with van der Waals surface area (Å²) in [7, 11) is 1.65. The van der Waals surface area contributed by atoms with E-state index in [1.807, 2.05) is 12.1 Å². The van der Waals surface area contributed by atoms with E-state index in [9.17, 15) is 4.79 Å². The third kappa shape index (κ3) is 4.87. The van der Waals surface area contributed by atoms with Gasteiger partial charge in [0.1, 0.15) is 5.82 Å². The van der Waals surface area contributed by atoms with E-state index in [0.717, 1.165) is 11.1 Å². The topological polar surface area (TPSA) is 56.1 Å². The van der Waals surface area contributed by atoms with Gasteiger partial charge in [0.25, 0.3) is 5.91 Å². The minimum atomic E-state index is -0.159. The molecule has 28 heavy (non-hydrogen) atoms. The maximum atomic E-state index is 12.6. The fraction of sp³-hybridized carbons (Fsp3) is 0.304. The number of amides is 1. The molecule has 0 atom stereocenters. The molecule has 3 rings (SSSR count). The molecule has 1 aromatic heterocycles. The van der Waals surface area contributed by atoms with Crippen LogP contribution in [0, 0.1) is 0 Å². The second-order valence-electron chi connectivity index (χ2n) is 7.91. The molecule has 0 aliphatic carbocycles. The van der Waals surface area contributed by atoms with Gasteiger partial charge < -0.3 is 10.1 Å². The lowest BCUT2D eigenvalue weighted by molar-refractivity contribution is 0.102. The summed E-state index contributed by atoms with van der Waals surface area (Å²) in [6.07, 6.45) is 1.70. The van der Waals surface area contributed by atoms with Crippen molar-refractivity contribution >= 4 is 11.7 Å². The van der Waals surface area contributed by atoms with Crippen molar-refractivity contribution in [3.8, 4) is 0 Å². The first-order valence-electron chi connectivity index (χ1n) is 9.37. The van der Waals surface area contributed by atoms with E-state index in [2.05, 4.69) is 55.5 Å². The highest BCUT2D eigenvalue weighted by molar-refractivity contribution is 6.03. The van der Waals surface area contributed by atoms with Crippen molar-refractivity contribution in [2.24, 2.45) is 0 Å². The molecule has 5 nitrogen and oxygen atoms in total. The zero-order valence-electron chi connectivity index (χ0n) is 16.9. The number of benzene rings is 2. The van der Waals surface area contributed by atoms with Crippen LogP contribution in [0.4, 0.5) is 5.82 Å². The highest BCUT2D eigenvalue weighted by Crippen LogP contribution is 2.22. The number of nitrogens with zero attached hydrogens (tertiary/aromatic N) is 2. The summed E-state index contributed by atoms with van der Waals surface area (Å²) in [6, 6.07) is 17.7. The van der Waals surface area contributed by atoms with Gasteiger partial charge in [0.15, 0.2) is 0 Å². The van der Waals surface area contributed by atoms with Crippen molar-refractivity contribution in [3.05, 3.63) is 83.0 Å². The minimum absolute atomic E-state index is 0.127. The predicted octanol–water partition coefficient (Wildman–Crippen LogP) is 4.63. The Morgan fingerprint density at radius 2 is 1.64 bits per heavy atom. The Labute approximate surface area is 166 Å². The van der Waals surface area contributed by atoms with Crippen LogP contribution in [-0.2, 0) is 23.3 Å². The van der Waals surface area contributed by atoms with Crippen LogP contribution >= 0.6 is 0 Å². The summed E-state index contributed by atoms with van der Waals surface area (Å²) in [5, 5.41) is 7.30. The molecule has 2 aromatic carbocycles. The molecule has 0 saturated heterocycles. The van der Waals surface area contributed by atoms with E-state index in [0.29, 0.717) is 24.5 Å². The average Bonchev–Trinajstić information content (AvgIpc) is 3.09. The number of carbonyl (C=O) groups excluding carboxylic acids is 1. The van der Waals surface area contributed by atoms with Crippen molar-refractivity contribution < 1.29 is 9.53 Å². The first-order chi connectivity index (χ1) is 13.4. The maximum absolute atomic E-state index is 12.6. The number of nitrogens with one attached hydrogen (secondary N) is 1. The molecule has 3 aromatic rings. The van der Waals surface area contributed by atoms with Crippen LogP contribution in [0.1, 0.15) is 47.8 Å². The van der Waals surface area contributed by atoms with Crippen molar-refractivity contribution in [3.63, 3.8) is 0 Å². The molecule has 1 N–H and O–H groups in total. The van der Waals surface area contributed by atoms with Crippen LogP contribution in [0.2, 0.25) is 0 Å². The van der Waals surface area contributed by atoms with Crippen molar-refractivity contribution in [2.45, 2.75) is 39.3 Å². The Hall–Kier alpha value is -2.92. The van der Waals surface area contributed by atoms with Gasteiger partial charge in [0.05, 0.1) is 19.3 Å². The van der Waals surface area contributed by atoms with Gasteiger partial charge in [0, 0.05) is 18.7 Å². The third-order valence-electron chi connectivity index (χ3n) is 4.64. The quantitative estimate of drug-likeness (QED) is 0.681.